The summed E-state index contributed by atoms with van der Waals surface area (Å²) in [7, 11) is 0. The fourth-order valence-corrected chi connectivity index (χ4v) is 2.72. The van der Waals surface area contributed by atoms with Crippen LogP contribution in [-0.4, -0.2) is 11.9 Å². The topological polar surface area (TPSA) is 52.9 Å². The Morgan fingerprint density at radius 1 is 1.32 bits per heavy atom. The van der Waals surface area contributed by atoms with Crippen LogP contribution in [0.5, 0.6) is 0 Å². The molecule has 0 aromatic heterocycles. The van der Waals surface area contributed by atoms with Crippen molar-refractivity contribution in [2.45, 2.75) is 38.6 Å². The van der Waals surface area contributed by atoms with Gasteiger partial charge in [0.05, 0.1) is 0 Å². The normalized spacial score (nSPS) is 22.0. The van der Waals surface area contributed by atoms with E-state index in [0.717, 1.165) is 43.9 Å². The number of nitrogens with one attached hydrogen (secondary N) is 1. The number of nitriles is 1. The molecule has 1 N–H and O–H groups in total. The molecule has 1 aromatic rings. The number of benzene rings is 1. The number of nitrogens with zero attached hydrogens (tertiary/aromatic N) is 1. The zero-order valence-electron chi connectivity index (χ0n) is 12.4. The van der Waals surface area contributed by atoms with Crippen LogP contribution in [0.4, 0.5) is 8.78 Å². The SMILES string of the molecule is C[C@@H]1CCCC[C@H]1NC(=O)/C(C#N)=C/c1c(F)cccc1F. The summed E-state index contributed by atoms with van der Waals surface area (Å²) in [5.74, 6) is -1.84. The molecule has 0 heterocycles. The van der Waals surface area contributed by atoms with Crippen LogP contribution in [0, 0.1) is 28.9 Å². The summed E-state index contributed by atoms with van der Waals surface area (Å²) in [6, 6.07) is 5.14. The van der Waals surface area contributed by atoms with E-state index in [-0.39, 0.29) is 17.2 Å². The quantitative estimate of drug-likeness (QED) is 0.685. The van der Waals surface area contributed by atoms with Gasteiger partial charge in [-0.05, 0) is 37.0 Å². The van der Waals surface area contributed by atoms with Crippen LogP contribution >= 0.6 is 0 Å². The minimum atomic E-state index is -0.799. The minimum Gasteiger partial charge on any atom is -0.348 e. The van der Waals surface area contributed by atoms with E-state index in [1.54, 1.807) is 6.07 Å². The number of halogens is 2. The molecule has 1 amide bonds. The van der Waals surface area contributed by atoms with Gasteiger partial charge in [0.1, 0.15) is 23.3 Å². The largest absolute Gasteiger partial charge is 0.348 e. The van der Waals surface area contributed by atoms with E-state index in [9.17, 15) is 13.6 Å². The molecule has 0 bridgehead atoms. The van der Waals surface area contributed by atoms with Crippen LogP contribution in [0.25, 0.3) is 6.08 Å². The Morgan fingerprint density at radius 3 is 2.55 bits per heavy atom. The average Bonchev–Trinajstić information content (AvgIpc) is 2.49. The maximum atomic E-state index is 13.6. The van der Waals surface area contributed by atoms with Crippen molar-refractivity contribution < 1.29 is 13.6 Å². The Bertz CT molecular complexity index is 614. The van der Waals surface area contributed by atoms with Crippen molar-refractivity contribution in [1.29, 1.82) is 5.26 Å². The lowest BCUT2D eigenvalue weighted by Crippen LogP contribution is -2.41. The molecule has 1 saturated carbocycles. The molecule has 5 heteroatoms. The zero-order valence-corrected chi connectivity index (χ0v) is 12.4. The Hall–Kier alpha value is -2.22. The molecule has 1 aromatic carbocycles. The van der Waals surface area contributed by atoms with E-state index in [4.69, 9.17) is 5.26 Å². The second-order valence-corrected chi connectivity index (χ2v) is 5.65. The molecule has 0 spiro atoms. The van der Waals surface area contributed by atoms with E-state index in [0.29, 0.717) is 5.92 Å². The monoisotopic (exact) mass is 304 g/mol. The van der Waals surface area contributed by atoms with Crippen molar-refractivity contribution in [2.75, 3.05) is 0 Å². The lowest BCUT2D eigenvalue weighted by molar-refractivity contribution is -0.118. The number of hydrogen-bond acceptors (Lipinski definition) is 2. The smallest absolute Gasteiger partial charge is 0.262 e. The first-order chi connectivity index (χ1) is 10.5. The molecule has 0 radical (unpaired) electrons. The predicted molar refractivity (Wildman–Crippen MR) is 79.5 cm³/mol. The van der Waals surface area contributed by atoms with Gasteiger partial charge in [-0.25, -0.2) is 8.78 Å². The van der Waals surface area contributed by atoms with Gasteiger partial charge in [0.25, 0.3) is 5.91 Å². The van der Waals surface area contributed by atoms with Gasteiger partial charge < -0.3 is 5.32 Å². The average molecular weight is 304 g/mol. The van der Waals surface area contributed by atoms with Crippen LogP contribution in [0.2, 0.25) is 0 Å². The molecule has 1 fully saturated rings. The van der Waals surface area contributed by atoms with Crippen molar-refractivity contribution in [3.05, 3.63) is 41.0 Å². The number of rotatable bonds is 3. The van der Waals surface area contributed by atoms with Crippen molar-refractivity contribution in [2.24, 2.45) is 5.92 Å². The Morgan fingerprint density at radius 2 is 1.95 bits per heavy atom. The highest BCUT2D eigenvalue weighted by molar-refractivity contribution is 6.01. The minimum absolute atomic E-state index is 0.00321. The first-order valence-electron chi connectivity index (χ1n) is 7.39. The third-order valence-corrected chi connectivity index (χ3v) is 4.08. The van der Waals surface area contributed by atoms with Crippen molar-refractivity contribution in [3.63, 3.8) is 0 Å². The van der Waals surface area contributed by atoms with Crippen molar-refractivity contribution >= 4 is 12.0 Å². The Balaban J connectivity index is 2.19. The second-order valence-electron chi connectivity index (χ2n) is 5.65. The molecule has 116 valence electrons. The van der Waals surface area contributed by atoms with Crippen LogP contribution in [0.3, 0.4) is 0 Å². The summed E-state index contributed by atoms with van der Waals surface area (Å²) in [5.41, 5.74) is -0.660. The number of amides is 1. The van der Waals surface area contributed by atoms with E-state index >= 15 is 0 Å². The summed E-state index contributed by atoms with van der Waals surface area (Å²) in [6.45, 7) is 2.05. The summed E-state index contributed by atoms with van der Waals surface area (Å²) >= 11 is 0. The van der Waals surface area contributed by atoms with E-state index < -0.39 is 17.5 Å². The highest BCUT2D eigenvalue weighted by Gasteiger charge is 2.24. The molecule has 0 aliphatic heterocycles. The fourth-order valence-electron chi connectivity index (χ4n) is 2.72. The molecule has 22 heavy (non-hydrogen) atoms. The van der Waals surface area contributed by atoms with E-state index in [2.05, 4.69) is 12.2 Å². The van der Waals surface area contributed by atoms with Crippen LogP contribution in [0.1, 0.15) is 38.2 Å². The summed E-state index contributed by atoms with van der Waals surface area (Å²) in [4.78, 5) is 12.2. The van der Waals surface area contributed by atoms with E-state index in [1.165, 1.54) is 6.07 Å². The molecule has 1 aliphatic carbocycles. The van der Waals surface area contributed by atoms with Crippen LogP contribution in [-0.2, 0) is 4.79 Å². The van der Waals surface area contributed by atoms with Crippen LogP contribution in [0.15, 0.2) is 23.8 Å². The van der Waals surface area contributed by atoms with E-state index in [1.807, 2.05) is 0 Å². The highest BCUT2D eigenvalue weighted by Crippen LogP contribution is 2.24. The summed E-state index contributed by atoms with van der Waals surface area (Å²) in [6.07, 6.45) is 5.02. The Labute approximate surface area is 128 Å². The second kappa shape index (κ2) is 7.17. The first-order valence-corrected chi connectivity index (χ1v) is 7.39. The molecule has 2 rings (SSSR count). The molecule has 1 aliphatic rings. The van der Waals surface area contributed by atoms with Gasteiger partial charge in [-0.15, -0.1) is 0 Å². The fraction of sp³-hybridized carbons (Fsp3) is 0.412. The van der Waals surface area contributed by atoms with Gasteiger partial charge in [-0.3, -0.25) is 4.79 Å². The lowest BCUT2D eigenvalue weighted by atomic mass is 9.86. The zero-order chi connectivity index (χ0) is 16.1. The summed E-state index contributed by atoms with van der Waals surface area (Å²) < 4.78 is 27.2. The maximum absolute atomic E-state index is 13.6. The molecule has 2 atom stereocenters. The van der Waals surface area contributed by atoms with Gasteiger partial charge in [0.15, 0.2) is 0 Å². The molecular formula is C17H18F2N2O. The third-order valence-electron chi connectivity index (χ3n) is 4.08. The maximum Gasteiger partial charge on any atom is 0.262 e. The number of carbonyl (C=O) groups is 1. The highest BCUT2D eigenvalue weighted by atomic mass is 19.1. The molecular weight excluding hydrogens is 286 g/mol. The first kappa shape index (κ1) is 16.2. The molecule has 0 unspecified atom stereocenters. The van der Waals surface area contributed by atoms with Crippen molar-refractivity contribution in [1.82, 2.24) is 5.32 Å². The Kier molecular flexibility index (Phi) is 5.26. The van der Waals surface area contributed by atoms with Crippen LogP contribution < -0.4 is 5.32 Å². The lowest BCUT2D eigenvalue weighted by Gasteiger charge is -2.29. The third kappa shape index (κ3) is 3.70. The standard InChI is InChI=1S/C17H18F2N2O/c1-11-5-2-3-8-16(11)21-17(22)12(10-20)9-13-14(18)6-4-7-15(13)19/h4,6-7,9,11,16H,2-3,5,8H2,1H3,(H,21,22)/b12-9+/t11-,16-/m1/s1. The van der Waals surface area contributed by atoms with Gasteiger partial charge in [0.2, 0.25) is 0 Å². The number of hydrogen-bond donors (Lipinski definition) is 1. The van der Waals surface area contributed by atoms with Gasteiger partial charge >= 0.3 is 0 Å². The van der Waals surface area contributed by atoms with Gasteiger partial charge in [0, 0.05) is 11.6 Å². The van der Waals surface area contributed by atoms with Gasteiger partial charge in [-0.1, -0.05) is 25.8 Å². The van der Waals surface area contributed by atoms with Crippen molar-refractivity contribution in [3.8, 4) is 6.07 Å². The summed E-state index contributed by atoms with van der Waals surface area (Å²) in [5, 5.41) is 11.9. The molecule has 0 saturated heterocycles. The molecule has 3 nitrogen and oxygen atoms in total. The number of carbonyl (C=O) groups excluding carboxylic acids is 1. The predicted octanol–water partition coefficient (Wildman–Crippen LogP) is 3.57. The van der Waals surface area contributed by atoms with Gasteiger partial charge in [-0.2, -0.15) is 5.26 Å².